The lowest BCUT2D eigenvalue weighted by Crippen LogP contribution is -2.33. The van der Waals surface area contributed by atoms with Crippen LogP contribution in [0.1, 0.15) is 36.1 Å². The topological polar surface area (TPSA) is 49.4 Å². The standard InChI is InChI=1S/C20H17F3N2O2/c1-13(26)25-10-9-14-5-2-3-8-17(14)18(25)12-19(27)24-16-7-4-6-15(11-16)20(21,22)23/h2-11,18H,12H2,1H3,(H,24,27). The normalized spacial score (nSPS) is 16.0. The molecule has 0 fully saturated rings. The average Bonchev–Trinajstić information content (AvgIpc) is 2.61. The van der Waals surface area contributed by atoms with Crippen LogP contribution in [0.2, 0.25) is 0 Å². The molecule has 1 aliphatic heterocycles. The van der Waals surface area contributed by atoms with E-state index >= 15 is 0 Å². The second-order valence-electron chi connectivity index (χ2n) is 6.22. The Labute approximate surface area is 154 Å². The molecule has 140 valence electrons. The SMILES string of the molecule is CC(=O)N1C=Cc2ccccc2C1CC(=O)Nc1cccc(C(F)(F)F)c1. The Bertz CT molecular complexity index is 906. The first kappa shape index (κ1) is 18.7. The van der Waals surface area contributed by atoms with Gasteiger partial charge in [0, 0.05) is 18.8 Å². The second-order valence-corrected chi connectivity index (χ2v) is 6.22. The van der Waals surface area contributed by atoms with Gasteiger partial charge in [0.2, 0.25) is 11.8 Å². The van der Waals surface area contributed by atoms with Crippen LogP contribution in [0.25, 0.3) is 6.08 Å². The predicted octanol–water partition coefficient (Wildman–Crippen LogP) is 4.61. The Morgan fingerprint density at radius 1 is 1.11 bits per heavy atom. The van der Waals surface area contributed by atoms with Crippen LogP contribution in [-0.2, 0) is 15.8 Å². The average molecular weight is 374 g/mol. The van der Waals surface area contributed by atoms with Crippen molar-refractivity contribution in [3.8, 4) is 0 Å². The number of carbonyl (C=O) groups excluding carboxylic acids is 2. The molecule has 2 amide bonds. The van der Waals surface area contributed by atoms with E-state index < -0.39 is 23.7 Å². The van der Waals surface area contributed by atoms with Gasteiger partial charge >= 0.3 is 6.18 Å². The molecular formula is C20H17F3N2O2. The van der Waals surface area contributed by atoms with Gasteiger partial charge in [-0.15, -0.1) is 0 Å². The van der Waals surface area contributed by atoms with Crippen molar-refractivity contribution >= 4 is 23.6 Å². The fraction of sp³-hybridized carbons (Fsp3) is 0.200. The number of anilines is 1. The van der Waals surface area contributed by atoms with Crippen LogP contribution in [0.5, 0.6) is 0 Å². The zero-order valence-corrected chi connectivity index (χ0v) is 14.5. The summed E-state index contributed by atoms with van der Waals surface area (Å²) in [5.41, 5.74) is 0.932. The van der Waals surface area contributed by atoms with Gasteiger partial charge in [-0.3, -0.25) is 9.59 Å². The van der Waals surface area contributed by atoms with Crippen molar-refractivity contribution in [1.82, 2.24) is 4.90 Å². The molecule has 0 radical (unpaired) electrons. The molecule has 3 rings (SSSR count). The van der Waals surface area contributed by atoms with Gasteiger partial charge in [-0.2, -0.15) is 13.2 Å². The monoisotopic (exact) mass is 374 g/mol. The summed E-state index contributed by atoms with van der Waals surface area (Å²) in [5, 5.41) is 2.49. The van der Waals surface area contributed by atoms with Crippen molar-refractivity contribution in [2.75, 3.05) is 5.32 Å². The third-order valence-corrected chi connectivity index (χ3v) is 4.32. The van der Waals surface area contributed by atoms with Gasteiger partial charge in [0.25, 0.3) is 0 Å². The van der Waals surface area contributed by atoms with Crippen LogP contribution in [-0.4, -0.2) is 16.7 Å². The largest absolute Gasteiger partial charge is 0.416 e. The number of benzene rings is 2. The summed E-state index contributed by atoms with van der Waals surface area (Å²) < 4.78 is 38.5. The highest BCUT2D eigenvalue weighted by Crippen LogP contribution is 2.34. The molecule has 0 spiro atoms. The zero-order valence-electron chi connectivity index (χ0n) is 14.5. The maximum atomic E-state index is 12.8. The quantitative estimate of drug-likeness (QED) is 0.853. The zero-order chi connectivity index (χ0) is 19.6. The highest BCUT2D eigenvalue weighted by Gasteiger charge is 2.31. The Kier molecular flexibility index (Phi) is 5.03. The molecule has 1 N–H and O–H groups in total. The van der Waals surface area contributed by atoms with Crippen LogP contribution < -0.4 is 5.32 Å². The first-order valence-electron chi connectivity index (χ1n) is 8.29. The maximum absolute atomic E-state index is 12.8. The van der Waals surface area contributed by atoms with E-state index in [0.29, 0.717) is 0 Å². The van der Waals surface area contributed by atoms with Crippen LogP contribution in [0.3, 0.4) is 0 Å². The summed E-state index contributed by atoms with van der Waals surface area (Å²) >= 11 is 0. The van der Waals surface area contributed by atoms with E-state index in [0.717, 1.165) is 23.3 Å². The van der Waals surface area contributed by atoms with Gasteiger partial charge in [-0.05, 0) is 35.4 Å². The van der Waals surface area contributed by atoms with Gasteiger partial charge < -0.3 is 10.2 Å². The minimum Gasteiger partial charge on any atom is -0.326 e. The third kappa shape index (κ3) is 4.19. The van der Waals surface area contributed by atoms with E-state index in [1.807, 2.05) is 24.3 Å². The highest BCUT2D eigenvalue weighted by molar-refractivity contribution is 5.92. The fourth-order valence-electron chi connectivity index (χ4n) is 3.07. The van der Waals surface area contributed by atoms with Crippen molar-refractivity contribution in [2.24, 2.45) is 0 Å². The summed E-state index contributed by atoms with van der Waals surface area (Å²) in [5.74, 6) is -0.701. The van der Waals surface area contributed by atoms with Crippen LogP contribution in [0.15, 0.2) is 54.7 Å². The number of hydrogen-bond acceptors (Lipinski definition) is 2. The first-order chi connectivity index (χ1) is 12.8. The molecule has 0 saturated heterocycles. The lowest BCUT2D eigenvalue weighted by atomic mass is 9.93. The maximum Gasteiger partial charge on any atom is 0.416 e. The Morgan fingerprint density at radius 2 is 1.85 bits per heavy atom. The van der Waals surface area contributed by atoms with Crippen LogP contribution >= 0.6 is 0 Å². The molecule has 27 heavy (non-hydrogen) atoms. The van der Waals surface area contributed by atoms with Crippen molar-refractivity contribution in [3.05, 3.63) is 71.4 Å². The van der Waals surface area contributed by atoms with E-state index in [-0.39, 0.29) is 18.0 Å². The van der Waals surface area contributed by atoms with Gasteiger partial charge in [-0.1, -0.05) is 30.3 Å². The van der Waals surface area contributed by atoms with Gasteiger partial charge in [-0.25, -0.2) is 0 Å². The molecule has 0 aliphatic carbocycles. The second kappa shape index (κ2) is 7.26. The van der Waals surface area contributed by atoms with E-state index in [1.165, 1.54) is 24.0 Å². The lowest BCUT2D eigenvalue weighted by Gasteiger charge is -2.32. The number of nitrogens with one attached hydrogen (secondary N) is 1. The third-order valence-electron chi connectivity index (χ3n) is 4.32. The van der Waals surface area contributed by atoms with Gasteiger partial charge in [0.1, 0.15) is 0 Å². The number of fused-ring (bicyclic) bond motifs is 1. The number of amides is 2. The fourth-order valence-corrected chi connectivity index (χ4v) is 3.07. The van der Waals surface area contributed by atoms with Crippen LogP contribution in [0, 0.1) is 0 Å². The summed E-state index contributed by atoms with van der Waals surface area (Å²) in [6.45, 7) is 1.40. The molecule has 2 aromatic carbocycles. The summed E-state index contributed by atoms with van der Waals surface area (Å²) in [4.78, 5) is 25.8. The van der Waals surface area contributed by atoms with E-state index in [9.17, 15) is 22.8 Å². The smallest absolute Gasteiger partial charge is 0.326 e. The molecule has 0 bridgehead atoms. The van der Waals surface area contributed by atoms with Crippen molar-refractivity contribution in [1.29, 1.82) is 0 Å². The number of alkyl halides is 3. The molecular weight excluding hydrogens is 357 g/mol. The van der Waals surface area contributed by atoms with Crippen LogP contribution in [0.4, 0.5) is 18.9 Å². The number of rotatable bonds is 3. The Hall–Kier alpha value is -3.09. The Morgan fingerprint density at radius 3 is 2.56 bits per heavy atom. The molecule has 1 atom stereocenters. The molecule has 1 aliphatic rings. The predicted molar refractivity (Wildman–Crippen MR) is 95.4 cm³/mol. The van der Waals surface area contributed by atoms with Gasteiger partial charge in [0.05, 0.1) is 18.0 Å². The van der Waals surface area contributed by atoms with Crippen molar-refractivity contribution < 1.29 is 22.8 Å². The molecule has 1 heterocycles. The van der Waals surface area contributed by atoms with Crippen molar-refractivity contribution in [2.45, 2.75) is 25.6 Å². The molecule has 0 aromatic heterocycles. The minimum absolute atomic E-state index is 0.0591. The molecule has 0 saturated carbocycles. The molecule has 4 nitrogen and oxygen atoms in total. The summed E-state index contributed by atoms with van der Waals surface area (Å²) in [6.07, 6.45) is -1.15. The number of halogens is 3. The first-order valence-corrected chi connectivity index (χ1v) is 8.29. The molecule has 1 unspecified atom stereocenters. The van der Waals surface area contributed by atoms with Gasteiger partial charge in [0.15, 0.2) is 0 Å². The number of hydrogen-bond donors (Lipinski definition) is 1. The number of nitrogens with zero attached hydrogens (tertiary/aromatic N) is 1. The molecule has 7 heteroatoms. The summed E-state index contributed by atoms with van der Waals surface area (Å²) in [7, 11) is 0. The van der Waals surface area contributed by atoms with E-state index in [4.69, 9.17) is 0 Å². The van der Waals surface area contributed by atoms with E-state index in [1.54, 1.807) is 12.3 Å². The molecule has 2 aromatic rings. The Balaban J connectivity index is 1.80. The van der Waals surface area contributed by atoms with Crippen molar-refractivity contribution in [3.63, 3.8) is 0 Å². The highest BCUT2D eigenvalue weighted by atomic mass is 19.4. The summed E-state index contributed by atoms with van der Waals surface area (Å²) in [6, 6.07) is 11.3. The number of carbonyl (C=O) groups is 2. The lowest BCUT2D eigenvalue weighted by molar-refractivity contribution is -0.137. The minimum atomic E-state index is -4.49. The van der Waals surface area contributed by atoms with E-state index in [2.05, 4.69) is 5.32 Å².